The molecular formula is C73H99FN2O11S3. The Morgan fingerprint density at radius 2 is 0.811 bits per heavy atom. The van der Waals surface area contributed by atoms with Gasteiger partial charge in [-0.05, 0) is 158 Å². The molecule has 6 unspecified atom stereocenters. The number of unbranched alkanes of at least 4 members (excludes halogenated alkanes) is 3. The summed E-state index contributed by atoms with van der Waals surface area (Å²) in [5.74, 6) is -0.991. The largest absolute Gasteiger partial charge is 0.497 e. The van der Waals surface area contributed by atoms with Crippen molar-refractivity contribution in [1.82, 2.24) is 0 Å². The Kier molecular flexibility index (Phi) is 23.8. The highest BCUT2D eigenvalue weighted by Gasteiger charge is 2.52. The van der Waals surface area contributed by atoms with Crippen LogP contribution in [0.4, 0.5) is 15.8 Å². The van der Waals surface area contributed by atoms with Crippen LogP contribution in [-0.2, 0) is 29.5 Å². The van der Waals surface area contributed by atoms with Gasteiger partial charge in [0, 0.05) is 73.6 Å². The fourth-order valence-electron chi connectivity index (χ4n) is 14.1. The smallest absolute Gasteiger partial charge is 0.179 e. The number of halogens is 1. The maximum atomic E-state index is 14.2. The minimum atomic E-state index is -3.65. The lowest BCUT2D eigenvalue weighted by molar-refractivity contribution is 0.0173. The molecule has 492 valence electrons. The quantitative estimate of drug-likeness (QED) is 0.0651. The Morgan fingerprint density at radius 3 is 1.17 bits per heavy atom. The number of aliphatic hydroxyl groups is 3. The van der Waals surface area contributed by atoms with Crippen molar-refractivity contribution in [1.29, 1.82) is 0 Å². The van der Waals surface area contributed by atoms with Crippen LogP contribution in [0, 0.1) is 29.0 Å². The number of aliphatic hydroxyl groups excluding tert-OH is 3. The first kappa shape index (κ1) is 71.6. The topological polar surface area (TPSA) is 188 Å². The van der Waals surface area contributed by atoms with Crippen LogP contribution in [0.2, 0.25) is 0 Å². The minimum absolute atomic E-state index is 0.0384. The molecular weight excluding hydrogens is 1200 g/mol. The molecule has 90 heavy (non-hydrogen) atoms. The first-order valence-electron chi connectivity index (χ1n) is 32.1. The molecule has 0 aliphatic carbocycles. The number of aryl methyl sites for hydroxylation is 1. The summed E-state index contributed by atoms with van der Waals surface area (Å²) >= 11 is 0. The third kappa shape index (κ3) is 15.1. The van der Waals surface area contributed by atoms with Gasteiger partial charge in [-0.3, -0.25) is 0 Å². The predicted octanol–water partition coefficient (Wildman–Crippen LogP) is 14.3. The first-order valence-corrected chi connectivity index (χ1v) is 37.1. The molecule has 0 saturated carbocycles. The number of fused-ring (bicyclic) bond motifs is 3. The zero-order valence-electron chi connectivity index (χ0n) is 55.3. The molecule has 9 atom stereocenters. The molecule has 9 rings (SSSR count). The maximum absolute atomic E-state index is 14.2. The van der Waals surface area contributed by atoms with E-state index >= 15 is 0 Å². The number of sulfone groups is 3. The summed E-state index contributed by atoms with van der Waals surface area (Å²) in [6.07, 6.45) is 6.60. The third-order valence-corrected chi connectivity index (χ3v) is 25.8. The summed E-state index contributed by atoms with van der Waals surface area (Å²) < 4.78 is 106. The van der Waals surface area contributed by atoms with Crippen LogP contribution in [0.25, 0.3) is 0 Å². The Bertz CT molecular complexity index is 3730. The summed E-state index contributed by atoms with van der Waals surface area (Å²) in [5, 5.41) is 35.3. The van der Waals surface area contributed by atoms with Gasteiger partial charge in [-0.2, -0.15) is 0 Å². The number of benzene rings is 6. The van der Waals surface area contributed by atoms with Crippen molar-refractivity contribution >= 4 is 40.9 Å². The van der Waals surface area contributed by atoms with Crippen LogP contribution >= 0.6 is 0 Å². The van der Waals surface area contributed by atoms with Crippen LogP contribution in [-0.4, -0.2) is 119 Å². The molecule has 0 saturated heterocycles. The standard InChI is InChI=1S/2C25H35NO4S.C23H29FO3S/c1-6-8-15-25(7-2)17-31(28,29)22-14-13-20(30-5)16-21(22)23(24(25)27)18-9-11-19(12-10-18)26(3)4;1-6-8-14-25(7-2)17-31(28,29)22-13-12-20(30-5)16-21(22)23(24(25)27)18-10-9-11-19(15-18)26(3)4;1-4-6-13-23(5-2)15-28(26,27)20-12-11-18(24)14-19(20)21(22(23)25)17-9-7-16(3)8-10-17/h9-14,16,23-24,27H,6-8,15,17H2,1-5H3;9-13,15-16,23-24,27H,6-8,14,17H2,1-5H3;7-12,14,21-22,25H,4-6,13,15H2,1-3H3/t2*23-,24?,25?;21-,22?,23?/m111/s1. The second-order valence-electron chi connectivity index (χ2n) is 25.9. The Balaban J connectivity index is 0.000000192. The Morgan fingerprint density at radius 1 is 0.456 bits per heavy atom. The van der Waals surface area contributed by atoms with Gasteiger partial charge in [-0.15, -0.1) is 0 Å². The lowest BCUT2D eigenvalue weighted by Gasteiger charge is -2.39. The second-order valence-corrected chi connectivity index (χ2v) is 31.8. The van der Waals surface area contributed by atoms with Gasteiger partial charge >= 0.3 is 0 Å². The van der Waals surface area contributed by atoms with Gasteiger partial charge in [0.15, 0.2) is 29.5 Å². The summed E-state index contributed by atoms with van der Waals surface area (Å²) in [6.45, 7) is 14.2. The van der Waals surface area contributed by atoms with Crippen molar-refractivity contribution in [3.05, 3.63) is 172 Å². The molecule has 6 aromatic rings. The number of rotatable bonds is 19. The molecule has 0 bridgehead atoms. The van der Waals surface area contributed by atoms with E-state index in [1.165, 1.54) is 18.2 Å². The maximum Gasteiger partial charge on any atom is 0.179 e. The first-order chi connectivity index (χ1) is 42.6. The van der Waals surface area contributed by atoms with E-state index in [0.29, 0.717) is 76.5 Å². The fraction of sp³-hybridized carbons (Fsp3) is 0.507. The molecule has 0 amide bonds. The molecule has 13 nitrogen and oxygen atoms in total. The molecule has 0 aromatic heterocycles. The summed E-state index contributed by atoms with van der Waals surface area (Å²) in [7, 11) is 0.247. The predicted molar refractivity (Wildman–Crippen MR) is 362 cm³/mol. The van der Waals surface area contributed by atoms with Crippen molar-refractivity contribution < 1.29 is 54.4 Å². The SMILES string of the molecule is CCCCC1(CC)CS(=O)(=O)c2ccc(F)cc2[C@@H](c2ccc(C)cc2)C1O.CCCCC1(CC)CS(=O)(=O)c2ccc(OC)cc2[C@@H](c2ccc(N(C)C)cc2)C1O.CCCCC1(CC)CS(=O)(=O)c2ccc(OC)cc2[C@@H](c2cccc(N(C)C)c2)C1O. The average Bonchev–Trinajstić information content (AvgIpc) is 1.62. The van der Waals surface area contributed by atoms with Crippen LogP contribution < -0.4 is 19.3 Å². The van der Waals surface area contributed by atoms with Crippen molar-refractivity contribution in [3.63, 3.8) is 0 Å². The lowest BCUT2D eigenvalue weighted by atomic mass is 9.69. The Hall–Kier alpha value is -5.82. The molecule has 0 radical (unpaired) electrons. The van der Waals surface area contributed by atoms with Crippen molar-refractivity contribution in [2.45, 2.75) is 176 Å². The van der Waals surface area contributed by atoms with Gasteiger partial charge in [-0.1, -0.05) is 134 Å². The molecule has 3 aliphatic heterocycles. The average molecular weight is 1300 g/mol. The van der Waals surface area contributed by atoms with E-state index in [4.69, 9.17) is 9.47 Å². The van der Waals surface area contributed by atoms with Gasteiger partial charge in [0.1, 0.15) is 17.3 Å². The van der Waals surface area contributed by atoms with Gasteiger partial charge in [0.05, 0.1) is 64.5 Å². The van der Waals surface area contributed by atoms with Gasteiger partial charge in [0.2, 0.25) is 0 Å². The van der Waals surface area contributed by atoms with Crippen LogP contribution in [0.1, 0.15) is 175 Å². The van der Waals surface area contributed by atoms with Crippen LogP contribution in [0.5, 0.6) is 11.5 Å². The highest BCUT2D eigenvalue weighted by Crippen LogP contribution is 2.53. The zero-order chi connectivity index (χ0) is 66.1. The zero-order valence-corrected chi connectivity index (χ0v) is 57.7. The van der Waals surface area contributed by atoms with E-state index in [-0.39, 0.29) is 22.2 Å². The van der Waals surface area contributed by atoms with E-state index in [1.807, 2.05) is 132 Å². The number of methoxy groups -OCH3 is 2. The molecule has 3 heterocycles. The number of anilines is 2. The van der Waals surface area contributed by atoms with E-state index in [2.05, 4.69) is 26.8 Å². The van der Waals surface area contributed by atoms with Crippen molar-refractivity contribution in [2.75, 3.05) is 69.5 Å². The number of nitrogens with zero attached hydrogens (tertiary/aromatic N) is 2. The van der Waals surface area contributed by atoms with Crippen LogP contribution in [0.15, 0.2) is 142 Å². The molecule has 0 fully saturated rings. The molecule has 17 heteroatoms. The van der Waals surface area contributed by atoms with E-state index in [9.17, 15) is 45.0 Å². The normalized spacial score (nSPS) is 25.3. The van der Waals surface area contributed by atoms with Crippen molar-refractivity contribution in [2.24, 2.45) is 16.2 Å². The molecule has 3 aliphatic rings. The van der Waals surface area contributed by atoms with Gasteiger partial charge < -0.3 is 34.6 Å². The molecule has 6 aromatic carbocycles. The third-order valence-electron chi connectivity index (χ3n) is 19.8. The van der Waals surface area contributed by atoms with E-state index in [1.54, 1.807) is 50.6 Å². The Labute approximate surface area is 537 Å². The summed E-state index contributed by atoms with van der Waals surface area (Å²) in [5.41, 5.74) is 5.22. The monoisotopic (exact) mass is 1290 g/mol. The number of hydrogen-bond donors (Lipinski definition) is 3. The highest BCUT2D eigenvalue weighted by molar-refractivity contribution is 7.92. The van der Waals surface area contributed by atoms with Crippen LogP contribution in [0.3, 0.4) is 0 Å². The van der Waals surface area contributed by atoms with Gasteiger partial charge in [0.25, 0.3) is 0 Å². The number of ether oxygens (including phenoxy) is 2. The molecule has 0 spiro atoms. The minimum Gasteiger partial charge on any atom is -0.497 e. The van der Waals surface area contributed by atoms with Crippen molar-refractivity contribution in [3.8, 4) is 11.5 Å². The lowest BCUT2D eigenvalue weighted by Crippen LogP contribution is -2.42. The summed E-state index contributed by atoms with van der Waals surface area (Å²) in [6, 6.07) is 37.9. The van der Waals surface area contributed by atoms with E-state index < -0.39 is 87.6 Å². The summed E-state index contributed by atoms with van der Waals surface area (Å²) in [4.78, 5) is 4.79. The number of hydrogen-bond acceptors (Lipinski definition) is 13. The fourth-order valence-corrected chi connectivity index (χ4v) is 20.9. The highest BCUT2D eigenvalue weighted by atomic mass is 32.2. The molecule has 3 N–H and O–H groups in total. The van der Waals surface area contributed by atoms with E-state index in [0.717, 1.165) is 72.2 Å². The second kappa shape index (κ2) is 29.9. The van der Waals surface area contributed by atoms with Gasteiger partial charge in [-0.25, -0.2) is 29.6 Å².